The van der Waals surface area contributed by atoms with Gasteiger partial charge in [-0.25, -0.2) is 4.98 Å². The number of aromatic nitrogens is 2. The number of hydrogen-bond acceptors (Lipinski definition) is 7. The number of rotatable bonds is 5. The summed E-state index contributed by atoms with van der Waals surface area (Å²) in [4.78, 5) is 50.0. The zero-order valence-electron chi connectivity index (χ0n) is 18.2. The Morgan fingerprint density at radius 2 is 2.03 bits per heavy atom. The number of alkyl halides is 1. The van der Waals surface area contributed by atoms with Gasteiger partial charge in [0.25, 0.3) is 5.91 Å². The Hall–Kier alpha value is -2.36. The fraction of sp³-hybridized carbons (Fsp3) is 0.522. The molecular weight excluding hydrogens is 464 g/mol. The molecule has 4 heterocycles. The monoisotopic (exact) mass is 488 g/mol. The van der Waals surface area contributed by atoms with Crippen molar-refractivity contribution in [2.24, 2.45) is 5.92 Å². The van der Waals surface area contributed by atoms with E-state index in [2.05, 4.69) is 15.3 Å². The maximum Gasteiger partial charge on any atom is 0.280 e. The average molecular weight is 489 g/mol. The SMILES string of the molecule is Cc1ccc(-c2cnc(C(=O)N[C@H](C(=O)N3C[C@H](Cl)[C@H]4OCC(=O)[C@H]43)C3CCCC3)s2)cn1. The Balaban J connectivity index is 1.35. The van der Waals surface area contributed by atoms with Gasteiger partial charge in [-0.05, 0) is 31.7 Å². The predicted molar refractivity (Wildman–Crippen MR) is 123 cm³/mol. The van der Waals surface area contributed by atoms with Gasteiger partial charge in [0.15, 0.2) is 10.8 Å². The maximum atomic E-state index is 13.6. The number of carbonyl (C=O) groups is 3. The summed E-state index contributed by atoms with van der Waals surface area (Å²) in [5, 5.41) is 2.80. The molecule has 33 heavy (non-hydrogen) atoms. The van der Waals surface area contributed by atoms with Gasteiger partial charge in [-0.15, -0.1) is 22.9 Å². The highest BCUT2D eigenvalue weighted by Gasteiger charge is 2.53. The van der Waals surface area contributed by atoms with Crippen LogP contribution in [-0.2, 0) is 14.3 Å². The molecule has 2 aromatic heterocycles. The molecule has 1 saturated carbocycles. The van der Waals surface area contributed by atoms with Crippen molar-refractivity contribution in [3.05, 3.63) is 35.2 Å². The van der Waals surface area contributed by atoms with Crippen molar-refractivity contribution < 1.29 is 19.1 Å². The van der Waals surface area contributed by atoms with E-state index in [4.69, 9.17) is 16.3 Å². The summed E-state index contributed by atoms with van der Waals surface area (Å²) in [7, 11) is 0. The van der Waals surface area contributed by atoms with Crippen molar-refractivity contribution in [2.75, 3.05) is 13.2 Å². The zero-order valence-corrected chi connectivity index (χ0v) is 19.8. The number of aryl methyl sites for hydroxylation is 1. The highest BCUT2D eigenvalue weighted by Crippen LogP contribution is 2.34. The minimum Gasteiger partial charge on any atom is -0.366 e. The third-order valence-electron chi connectivity index (χ3n) is 6.73. The molecule has 0 aromatic carbocycles. The maximum absolute atomic E-state index is 13.6. The number of likely N-dealkylation sites (tertiary alicyclic amines) is 1. The highest BCUT2D eigenvalue weighted by molar-refractivity contribution is 7.17. The number of amides is 2. The molecule has 0 unspecified atom stereocenters. The molecule has 3 fully saturated rings. The summed E-state index contributed by atoms with van der Waals surface area (Å²) >= 11 is 7.64. The van der Waals surface area contributed by atoms with Crippen LogP contribution < -0.4 is 5.32 Å². The summed E-state index contributed by atoms with van der Waals surface area (Å²) < 4.78 is 5.51. The molecular formula is C23H25ClN4O4S. The molecule has 2 aliphatic heterocycles. The summed E-state index contributed by atoms with van der Waals surface area (Å²) in [6.45, 7) is 2.12. The van der Waals surface area contributed by atoms with Gasteiger partial charge >= 0.3 is 0 Å². The first-order valence-corrected chi connectivity index (χ1v) is 12.5. The van der Waals surface area contributed by atoms with E-state index < -0.39 is 23.6 Å². The molecule has 1 N–H and O–H groups in total. The Morgan fingerprint density at radius 3 is 2.76 bits per heavy atom. The van der Waals surface area contributed by atoms with Gasteiger partial charge in [0, 0.05) is 30.2 Å². The summed E-state index contributed by atoms with van der Waals surface area (Å²) in [5.74, 6) is -0.757. The number of thiazole rings is 1. The number of Topliss-reactive ketones (excluding diaryl/α,β-unsaturated/α-hetero) is 1. The second-order valence-corrected chi connectivity index (χ2v) is 10.5. The smallest absolute Gasteiger partial charge is 0.280 e. The van der Waals surface area contributed by atoms with Gasteiger partial charge in [-0.3, -0.25) is 19.4 Å². The van der Waals surface area contributed by atoms with Gasteiger partial charge < -0.3 is 15.0 Å². The van der Waals surface area contributed by atoms with Gasteiger partial charge in [0.05, 0.1) is 10.3 Å². The summed E-state index contributed by atoms with van der Waals surface area (Å²) in [6.07, 6.45) is 6.65. The number of fused-ring (bicyclic) bond motifs is 1. The topological polar surface area (TPSA) is 101 Å². The molecule has 2 aromatic rings. The van der Waals surface area contributed by atoms with Gasteiger partial charge in [0.2, 0.25) is 5.91 Å². The molecule has 3 aliphatic rings. The fourth-order valence-electron chi connectivity index (χ4n) is 5.00. The van der Waals surface area contributed by atoms with Crippen molar-refractivity contribution >= 4 is 40.5 Å². The van der Waals surface area contributed by atoms with Crippen LogP contribution in [0.3, 0.4) is 0 Å². The summed E-state index contributed by atoms with van der Waals surface area (Å²) in [5.41, 5.74) is 1.80. The lowest BCUT2D eigenvalue weighted by atomic mass is 9.96. The van der Waals surface area contributed by atoms with Crippen LogP contribution in [0.5, 0.6) is 0 Å². The van der Waals surface area contributed by atoms with Crippen molar-refractivity contribution in [2.45, 2.75) is 56.2 Å². The number of pyridine rings is 1. The van der Waals surface area contributed by atoms with Crippen molar-refractivity contribution in [1.82, 2.24) is 20.2 Å². The molecule has 174 valence electrons. The van der Waals surface area contributed by atoms with Gasteiger partial charge in [0.1, 0.15) is 24.8 Å². The Bertz CT molecular complexity index is 1070. The van der Waals surface area contributed by atoms with Crippen LogP contribution in [0, 0.1) is 12.8 Å². The van der Waals surface area contributed by atoms with E-state index in [1.807, 2.05) is 19.1 Å². The van der Waals surface area contributed by atoms with Crippen molar-refractivity contribution in [3.8, 4) is 10.4 Å². The minimum absolute atomic E-state index is 0.0208. The third kappa shape index (κ3) is 4.29. The zero-order chi connectivity index (χ0) is 23.1. The number of nitrogens with one attached hydrogen (secondary N) is 1. The van der Waals surface area contributed by atoms with Gasteiger partial charge in [-0.1, -0.05) is 18.9 Å². The molecule has 0 spiro atoms. The van der Waals surface area contributed by atoms with E-state index in [1.165, 1.54) is 16.2 Å². The number of carbonyl (C=O) groups excluding carboxylic acids is 3. The minimum atomic E-state index is -0.718. The third-order valence-corrected chi connectivity index (χ3v) is 8.16. The van der Waals surface area contributed by atoms with E-state index >= 15 is 0 Å². The molecule has 5 rings (SSSR count). The Kier molecular flexibility index (Phi) is 6.20. The first kappa shape index (κ1) is 22.4. The van der Waals surface area contributed by atoms with Crippen molar-refractivity contribution in [1.29, 1.82) is 0 Å². The number of halogens is 1. The second kappa shape index (κ2) is 9.12. The standard InChI is InChI=1S/C23H25ClN4O4S/c1-12-6-7-14(8-25-12)17-9-26-22(33-17)21(30)27-18(13-4-2-3-5-13)23(31)28-10-15(24)20-19(28)16(29)11-32-20/h6-9,13,15,18-20H,2-5,10-11H2,1H3,(H,27,30)/t15-,18-,19+,20+/m0/s1. The van der Waals surface area contributed by atoms with Crippen LogP contribution in [0.15, 0.2) is 24.5 Å². The first-order chi connectivity index (χ1) is 15.9. The van der Waals surface area contributed by atoms with Crippen LogP contribution in [0.2, 0.25) is 0 Å². The van der Waals surface area contributed by atoms with Crippen LogP contribution >= 0.6 is 22.9 Å². The van der Waals surface area contributed by atoms with Crippen LogP contribution in [0.1, 0.15) is 41.2 Å². The molecule has 0 radical (unpaired) electrons. The molecule has 8 nitrogen and oxygen atoms in total. The molecule has 4 atom stereocenters. The molecule has 2 saturated heterocycles. The number of nitrogens with zero attached hydrogens (tertiary/aromatic N) is 3. The van der Waals surface area contributed by atoms with Crippen molar-refractivity contribution in [3.63, 3.8) is 0 Å². The molecule has 10 heteroatoms. The second-order valence-electron chi connectivity index (χ2n) is 8.91. The lowest BCUT2D eigenvalue weighted by molar-refractivity contribution is -0.139. The van der Waals surface area contributed by atoms with E-state index in [-0.39, 0.29) is 41.7 Å². The average Bonchev–Trinajstić information content (AvgIpc) is 3.59. The molecule has 1 aliphatic carbocycles. The highest BCUT2D eigenvalue weighted by atomic mass is 35.5. The predicted octanol–water partition coefficient (Wildman–Crippen LogP) is 2.59. The summed E-state index contributed by atoms with van der Waals surface area (Å²) in [6, 6.07) is 2.46. The van der Waals surface area contributed by atoms with E-state index in [1.54, 1.807) is 12.4 Å². The van der Waals surface area contributed by atoms with E-state index in [0.29, 0.717) is 0 Å². The van der Waals surface area contributed by atoms with E-state index in [0.717, 1.165) is 41.8 Å². The number of hydrogen-bond donors (Lipinski definition) is 1. The quantitative estimate of drug-likeness (QED) is 0.649. The fourth-order valence-corrected chi connectivity index (χ4v) is 6.17. The first-order valence-electron chi connectivity index (χ1n) is 11.2. The van der Waals surface area contributed by atoms with Crippen LogP contribution in [0.4, 0.5) is 0 Å². The normalized spacial score (nSPS) is 25.9. The Morgan fingerprint density at radius 1 is 1.24 bits per heavy atom. The largest absolute Gasteiger partial charge is 0.366 e. The lowest BCUT2D eigenvalue weighted by Gasteiger charge is -2.30. The van der Waals surface area contributed by atoms with Crippen LogP contribution in [0.25, 0.3) is 10.4 Å². The number of ketones is 1. The van der Waals surface area contributed by atoms with Gasteiger partial charge in [-0.2, -0.15) is 0 Å². The Labute approximate surface area is 200 Å². The van der Waals surface area contributed by atoms with E-state index in [9.17, 15) is 14.4 Å². The molecule has 2 amide bonds. The lowest BCUT2D eigenvalue weighted by Crippen LogP contribution is -2.54. The number of ether oxygens (including phenoxy) is 1. The molecule has 0 bridgehead atoms. The van der Waals surface area contributed by atoms with Crippen LogP contribution in [-0.4, -0.2) is 69.2 Å².